The third-order valence-electron chi connectivity index (χ3n) is 3.19. The molecule has 0 N–H and O–H groups in total. The first kappa shape index (κ1) is 15.5. The van der Waals surface area contributed by atoms with Gasteiger partial charge >= 0.3 is 16.1 Å². The van der Waals surface area contributed by atoms with E-state index >= 15 is 0 Å². The van der Waals surface area contributed by atoms with Crippen molar-refractivity contribution >= 4 is 38.2 Å². The molecule has 0 atom stereocenters. The highest BCUT2D eigenvalue weighted by Crippen LogP contribution is 2.30. The van der Waals surface area contributed by atoms with Gasteiger partial charge in [-0.15, -0.1) is 11.3 Å². The van der Waals surface area contributed by atoms with Crippen LogP contribution in [0.25, 0.3) is 10.8 Å². The van der Waals surface area contributed by atoms with Gasteiger partial charge in [-0.05, 0) is 34.4 Å². The fraction of sp³-hybridized carbons (Fsp3) is 0.0625. The molecular formula is C16H12O5S2. The Morgan fingerprint density at radius 3 is 2.35 bits per heavy atom. The van der Waals surface area contributed by atoms with Crippen LogP contribution < -0.4 is 4.18 Å². The van der Waals surface area contributed by atoms with E-state index in [1.807, 2.05) is 18.2 Å². The number of fused-ring (bicyclic) bond motifs is 1. The van der Waals surface area contributed by atoms with Crippen LogP contribution in [0.4, 0.5) is 0 Å². The van der Waals surface area contributed by atoms with Gasteiger partial charge in [0.1, 0.15) is 5.56 Å². The normalized spacial score (nSPS) is 11.3. The second-order valence-corrected chi connectivity index (χ2v) is 7.38. The first-order chi connectivity index (χ1) is 11.0. The highest BCUT2D eigenvalue weighted by atomic mass is 32.3. The third kappa shape index (κ3) is 3.06. The van der Waals surface area contributed by atoms with Gasteiger partial charge in [0, 0.05) is 0 Å². The van der Waals surface area contributed by atoms with Gasteiger partial charge in [0.2, 0.25) is 0 Å². The zero-order valence-corrected chi connectivity index (χ0v) is 13.7. The number of methoxy groups -OCH3 is 1. The minimum Gasteiger partial charge on any atom is -0.465 e. The smallest absolute Gasteiger partial charge is 0.348 e. The maximum Gasteiger partial charge on any atom is 0.348 e. The lowest BCUT2D eigenvalue weighted by Crippen LogP contribution is -2.12. The van der Waals surface area contributed by atoms with Crippen molar-refractivity contribution in [2.75, 3.05) is 7.11 Å². The second kappa shape index (κ2) is 6.02. The lowest BCUT2D eigenvalue weighted by Gasteiger charge is -2.11. The summed E-state index contributed by atoms with van der Waals surface area (Å²) in [4.78, 5) is 12.0. The van der Waals surface area contributed by atoms with Crippen molar-refractivity contribution in [3.05, 3.63) is 59.5 Å². The lowest BCUT2D eigenvalue weighted by atomic mass is 10.1. The Morgan fingerprint density at radius 1 is 1.04 bits per heavy atom. The van der Waals surface area contributed by atoms with Crippen LogP contribution in [0.1, 0.15) is 10.4 Å². The number of hydrogen-bond acceptors (Lipinski definition) is 6. The highest BCUT2D eigenvalue weighted by Gasteiger charge is 2.23. The molecule has 0 spiro atoms. The van der Waals surface area contributed by atoms with Crippen LogP contribution in [-0.2, 0) is 14.9 Å². The van der Waals surface area contributed by atoms with Gasteiger partial charge in [-0.1, -0.05) is 30.3 Å². The Labute approximate surface area is 137 Å². The van der Waals surface area contributed by atoms with E-state index in [9.17, 15) is 13.2 Å². The molecule has 0 bridgehead atoms. The average molecular weight is 348 g/mol. The maximum absolute atomic E-state index is 12.3. The van der Waals surface area contributed by atoms with E-state index in [1.165, 1.54) is 19.2 Å². The predicted octanol–water partition coefficient (Wildman–Crippen LogP) is 3.46. The van der Waals surface area contributed by atoms with E-state index in [-0.39, 0.29) is 15.5 Å². The molecule has 118 valence electrons. The molecule has 0 saturated heterocycles. The Hall–Kier alpha value is -2.38. The maximum atomic E-state index is 12.3. The van der Waals surface area contributed by atoms with Gasteiger partial charge < -0.3 is 8.92 Å². The number of thiophene rings is 1. The molecule has 3 aromatic rings. The predicted molar refractivity (Wildman–Crippen MR) is 87.4 cm³/mol. The van der Waals surface area contributed by atoms with Crippen LogP contribution in [0.15, 0.2) is 58.1 Å². The summed E-state index contributed by atoms with van der Waals surface area (Å²) in [5, 5.41) is 3.18. The Bertz CT molecular complexity index is 959. The van der Waals surface area contributed by atoms with Crippen molar-refractivity contribution in [3.63, 3.8) is 0 Å². The summed E-state index contributed by atoms with van der Waals surface area (Å²) < 4.78 is 34.6. The molecule has 23 heavy (non-hydrogen) atoms. The van der Waals surface area contributed by atoms with Gasteiger partial charge in [-0.25, -0.2) is 4.79 Å². The SMILES string of the molecule is COC(=O)c1cc2ccccc2cc1OS(=O)(=O)c1cccs1. The molecule has 2 aromatic carbocycles. The third-order valence-corrected chi connectivity index (χ3v) is 5.78. The summed E-state index contributed by atoms with van der Waals surface area (Å²) in [6.45, 7) is 0. The molecule has 1 heterocycles. The Morgan fingerprint density at radius 2 is 1.74 bits per heavy atom. The van der Waals surface area contributed by atoms with Gasteiger partial charge in [-0.3, -0.25) is 0 Å². The molecule has 1 aromatic heterocycles. The molecule has 0 aliphatic rings. The van der Waals surface area contributed by atoms with Crippen LogP contribution in [0, 0.1) is 0 Å². The van der Waals surface area contributed by atoms with E-state index in [0.29, 0.717) is 0 Å². The zero-order chi connectivity index (χ0) is 16.4. The zero-order valence-electron chi connectivity index (χ0n) is 12.1. The van der Waals surface area contributed by atoms with Gasteiger partial charge in [0.15, 0.2) is 9.96 Å². The van der Waals surface area contributed by atoms with Crippen LogP contribution in [0.2, 0.25) is 0 Å². The fourth-order valence-electron chi connectivity index (χ4n) is 2.12. The molecule has 0 amide bonds. The molecule has 0 aliphatic carbocycles. The van der Waals surface area contributed by atoms with Gasteiger partial charge in [0.25, 0.3) is 0 Å². The van der Waals surface area contributed by atoms with Crippen LogP contribution >= 0.6 is 11.3 Å². The van der Waals surface area contributed by atoms with Crippen molar-refractivity contribution in [2.45, 2.75) is 4.21 Å². The highest BCUT2D eigenvalue weighted by molar-refractivity contribution is 7.89. The molecule has 0 aliphatic heterocycles. The number of esters is 1. The number of rotatable bonds is 4. The van der Waals surface area contributed by atoms with Crippen LogP contribution in [0.5, 0.6) is 5.75 Å². The summed E-state index contributed by atoms with van der Waals surface area (Å²) in [5.41, 5.74) is 0.0614. The molecule has 7 heteroatoms. The first-order valence-corrected chi connectivity index (χ1v) is 8.89. The Balaban J connectivity index is 2.13. The summed E-state index contributed by atoms with van der Waals surface area (Å²) in [6, 6.07) is 13.4. The number of carbonyl (C=O) groups is 1. The second-order valence-electron chi connectivity index (χ2n) is 4.66. The van der Waals surface area contributed by atoms with Crippen molar-refractivity contribution in [3.8, 4) is 5.75 Å². The lowest BCUT2D eigenvalue weighted by molar-refractivity contribution is 0.0599. The standard InChI is InChI=1S/C16H12O5S2/c1-20-16(17)13-9-11-5-2-3-6-12(11)10-14(13)21-23(18,19)15-7-4-8-22-15/h2-10H,1H3. The molecule has 0 radical (unpaired) electrons. The summed E-state index contributed by atoms with van der Waals surface area (Å²) >= 11 is 1.04. The fourth-order valence-corrected chi connectivity index (χ4v) is 4.01. The van der Waals surface area contributed by atoms with Crippen molar-refractivity contribution in [2.24, 2.45) is 0 Å². The average Bonchev–Trinajstić information content (AvgIpc) is 3.08. The minimum atomic E-state index is -3.99. The molecule has 0 unspecified atom stereocenters. The van der Waals surface area contributed by atoms with Crippen LogP contribution in [0.3, 0.4) is 0 Å². The number of hydrogen-bond donors (Lipinski definition) is 0. The molecule has 0 saturated carbocycles. The molecule has 3 rings (SSSR count). The summed E-state index contributed by atoms with van der Waals surface area (Å²) in [5.74, 6) is -0.712. The largest absolute Gasteiger partial charge is 0.465 e. The van der Waals surface area contributed by atoms with Crippen molar-refractivity contribution in [1.82, 2.24) is 0 Å². The van der Waals surface area contributed by atoms with Crippen LogP contribution in [-0.4, -0.2) is 21.5 Å². The number of carbonyl (C=O) groups excluding carboxylic acids is 1. The Kier molecular flexibility index (Phi) is 4.06. The summed E-state index contributed by atoms with van der Waals surface area (Å²) in [7, 11) is -2.76. The van der Waals surface area contributed by atoms with Crippen molar-refractivity contribution in [1.29, 1.82) is 0 Å². The summed E-state index contributed by atoms with van der Waals surface area (Å²) in [6.07, 6.45) is 0. The van der Waals surface area contributed by atoms with E-state index in [2.05, 4.69) is 0 Å². The van der Waals surface area contributed by atoms with E-state index in [0.717, 1.165) is 22.1 Å². The van der Waals surface area contributed by atoms with E-state index in [1.54, 1.807) is 23.6 Å². The van der Waals surface area contributed by atoms with E-state index < -0.39 is 16.1 Å². The number of ether oxygens (including phenoxy) is 1. The molecule has 0 fully saturated rings. The first-order valence-electron chi connectivity index (χ1n) is 6.60. The minimum absolute atomic E-state index is 0.0519. The van der Waals surface area contributed by atoms with E-state index in [4.69, 9.17) is 8.92 Å². The topological polar surface area (TPSA) is 69.7 Å². The molecule has 5 nitrogen and oxygen atoms in total. The molecular weight excluding hydrogens is 336 g/mol. The van der Waals surface area contributed by atoms with Gasteiger partial charge in [-0.2, -0.15) is 8.42 Å². The monoisotopic (exact) mass is 348 g/mol. The van der Waals surface area contributed by atoms with Gasteiger partial charge in [0.05, 0.1) is 7.11 Å². The number of benzene rings is 2. The van der Waals surface area contributed by atoms with Crippen molar-refractivity contribution < 1.29 is 22.1 Å². The quantitative estimate of drug-likeness (QED) is 0.533.